The predicted octanol–water partition coefficient (Wildman–Crippen LogP) is 8.40. The van der Waals surface area contributed by atoms with E-state index in [2.05, 4.69) is 19.1 Å². The quantitative estimate of drug-likeness (QED) is 0.0442. The molecular formula is C37H69NO6. The third kappa shape index (κ3) is 21.0. The van der Waals surface area contributed by atoms with Gasteiger partial charge in [-0.3, -0.25) is 9.59 Å². The zero-order chi connectivity index (χ0) is 33.1. The summed E-state index contributed by atoms with van der Waals surface area (Å²) in [5.41, 5.74) is 0. The van der Waals surface area contributed by atoms with Crippen LogP contribution in [0.25, 0.3) is 0 Å². The van der Waals surface area contributed by atoms with Crippen molar-refractivity contribution in [3.63, 3.8) is 0 Å². The van der Waals surface area contributed by atoms with Crippen molar-refractivity contribution in [1.29, 1.82) is 0 Å². The van der Waals surface area contributed by atoms with Crippen molar-refractivity contribution in [3.8, 4) is 0 Å². The van der Waals surface area contributed by atoms with Crippen LogP contribution in [-0.2, 0) is 14.4 Å². The fourth-order valence-electron chi connectivity index (χ4n) is 6.44. The van der Waals surface area contributed by atoms with Crippen molar-refractivity contribution >= 4 is 17.9 Å². The van der Waals surface area contributed by atoms with E-state index in [9.17, 15) is 29.7 Å². The number of carboxylic acids is 3. The molecule has 0 saturated heterocycles. The third-order valence-electron chi connectivity index (χ3n) is 9.48. The molecule has 0 heterocycles. The molecule has 0 aliphatic rings. The fourth-order valence-corrected chi connectivity index (χ4v) is 6.44. The van der Waals surface area contributed by atoms with Crippen molar-refractivity contribution < 1.29 is 34.2 Å². The molecule has 0 rings (SSSR count). The highest BCUT2D eigenvalue weighted by Gasteiger charge is 2.39. The summed E-state index contributed by atoms with van der Waals surface area (Å²) in [5.74, 6) is -4.94. The Balaban J connectivity index is 4.55. The summed E-state index contributed by atoms with van der Waals surface area (Å²) in [6.07, 6.45) is 28.3. The van der Waals surface area contributed by atoms with Gasteiger partial charge in [-0.15, -0.1) is 0 Å². The largest absolute Gasteiger partial charge is 0.550 e. The maximum absolute atomic E-state index is 12.0. The van der Waals surface area contributed by atoms with Crippen molar-refractivity contribution in [2.45, 2.75) is 163 Å². The van der Waals surface area contributed by atoms with Gasteiger partial charge in [-0.1, -0.05) is 117 Å². The minimum Gasteiger partial charge on any atom is -0.550 e. The van der Waals surface area contributed by atoms with Crippen LogP contribution in [-0.4, -0.2) is 58.8 Å². The fraction of sp³-hybridized carbons (Fsp3) is 0.865. The number of quaternary nitrogens is 1. The molecule has 0 aromatic rings. The van der Waals surface area contributed by atoms with Crippen molar-refractivity contribution in [2.75, 3.05) is 26.2 Å². The van der Waals surface area contributed by atoms with Crippen molar-refractivity contribution in [2.24, 2.45) is 17.8 Å². The summed E-state index contributed by atoms with van der Waals surface area (Å²) >= 11 is 0. The molecule has 3 unspecified atom stereocenters. The van der Waals surface area contributed by atoms with Gasteiger partial charge in [0.2, 0.25) is 0 Å². The van der Waals surface area contributed by atoms with Crippen LogP contribution in [0.4, 0.5) is 0 Å². The van der Waals surface area contributed by atoms with E-state index in [0.29, 0.717) is 25.8 Å². The average Bonchev–Trinajstić information content (AvgIpc) is 2.99. The topological polar surface area (TPSA) is 115 Å². The van der Waals surface area contributed by atoms with Crippen LogP contribution in [0.3, 0.4) is 0 Å². The molecular weight excluding hydrogens is 554 g/mol. The highest BCUT2D eigenvalue weighted by Crippen LogP contribution is 2.25. The second-order valence-electron chi connectivity index (χ2n) is 13.3. The SMILES string of the molecule is CCCCCC/C=C/CCCCCCCCCCCCCC[N+](CC(CC)C(=O)[O-])(CC(CC)C(=O)O)CC(CC)C(=O)O. The van der Waals surface area contributed by atoms with Crippen LogP contribution in [0, 0.1) is 17.8 Å². The molecule has 0 fully saturated rings. The van der Waals surface area contributed by atoms with Gasteiger partial charge in [0.1, 0.15) is 11.8 Å². The molecule has 7 nitrogen and oxygen atoms in total. The van der Waals surface area contributed by atoms with Gasteiger partial charge in [0.05, 0.1) is 32.1 Å². The van der Waals surface area contributed by atoms with E-state index < -0.39 is 35.7 Å². The summed E-state index contributed by atoms with van der Waals surface area (Å²) in [6, 6.07) is 0. The smallest absolute Gasteiger partial charge is 0.312 e. The van der Waals surface area contributed by atoms with E-state index in [1.807, 2.05) is 13.8 Å². The highest BCUT2D eigenvalue weighted by molar-refractivity contribution is 5.70. The molecule has 7 heteroatoms. The summed E-state index contributed by atoms with van der Waals surface area (Å²) in [4.78, 5) is 35.9. The highest BCUT2D eigenvalue weighted by atomic mass is 16.4. The Kier molecular flexibility index (Phi) is 26.2. The van der Waals surface area contributed by atoms with E-state index in [0.717, 1.165) is 19.3 Å². The molecule has 0 spiro atoms. The monoisotopic (exact) mass is 624 g/mol. The van der Waals surface area contributed by atoms with Crippen molar-refractivity contribution in [3.05, 3.63) is 12.2 Å². The average molecular weight is 624 g/mol. The molecule has 0 aliphatic heterocycles. The molecule has 0 aliphatic carbocycles. The molecule has 0 saturated carbocycles. The first-order valence-electron chi connectivity index (χ1n) is 18.3. The molecule has 0 aromatic heterocycles. The minimum atomic E-state index is -1.14. The van der Waals surface area contributed by atoms with Crippen LogP contribution in [0.2, 0.25) is 0 Å². The Hall–Kier alpha value is -1.89. The second kappa shape index (κ2) is 27.4. The van der Waals surface area contributed by atoms with Gasteiger partial charge < -0.3 is 24.6 Å². The lowest BCUT2D eigenvalue weighted by Crippen LogP contribution is -2.59. The van der Waals surface area contributed by atoms with E-state index in [1.54, 1.807) is 6.92 Å². The number of rotatable bonds is 32. The van der Waals surface area contributed by atoms with E-state index >= 15 is 0 Å². The lowest BCUT2D eigenvalue weighted by Gasteiger charge is -2.44. The van der Waals surface area contributed by atoms with Crippen LogP contribution < -0.4 is 5.11 Å². The number of hydrogen-bond donors (Lipinski definition) is 2. The first-order chi connectivity index (χ1) is 21.2. The molecule has 258 valence electrons. The number of unbranched alkanes of at least 4 members (excludes halogenated alkanes) is 16. The lowest BCUT2D eigenvalue weighted by atomic mass is 9.95. The number of carbonyl (C=O) groups excluding carboxylic acids is 1. The molecule has 3 atom stereocenters. The summed E-state index contributed by atoms with van der Waals surface area (Å²) in [5, 5.41) is 31.5. The number of carbonyl (C=O) groups is 3. The van der Waals surface area contributed by atoms with Gasteiger partial charge >= 0.3 is 11.9 Å². The van der Waals surface area contributed by atoms with Crippen LogP contribution in [0.1, 0.15) is 163 Å². The zero-order valence-electron chi connectivity index (χ0n) is 29.0. The summed E-state index contributed by atoms with van der Waals surface area (Å²) < 4.78 is 0.220. The van der Waals surface area contributed by atoms with Gasteiger partial charge in [0, 0.05) is 5.92 Å². The van der Waals surface area contributed by atoms with Crippen molar-refractivity contribution in [1.82, 2.24) is 0 Å². The summed E-state index contributed by atoms with van der Waals surface area (Å²) in [7, 11) is 0. The van der Waals surface area contributed by atoms with Gasteiger partial charge in [-0.05, 0) is 57.8 Å². The standard InChI is InChI=1S/C37H69NO6/c1-5-9-10-11-12-13-14-15-16-17-18-19-20-21-22-23-24-25-26-27-28-38(29-32(6-2)35(39)40,30-33(7-3)36(41)42)31-34(8-4)37(43)44/h13-14,32-34H,5-12,15-31H2,1-4H3,(H2-,39,40,41,42,43,44)/b14-13+. The molecule has 0 bridgehead atoms. The number of allylic oxidation sites excluding steroid dienone is 2. The Morgan fingerprint density at radius 2 is 0.886 bits per heavy atom. The van der Waals surface area contributed by atoms with Gasteiger partial charge in [-0.25, -0.2) is 0 Å². The van der Waals surface area contributed by atoms with E-state index in [1.165, 1.54) is 96.3 Å². The third-order valence-corrected chi connectivity index (χ3v) is 9.48. The van der Waals surface area contributed by atoms with Gasteiger partial charge in [-0.2, -0.15) is 0 Å². The Morgan fingerprint density at radius 1 is 0.545 bits per heavy atom. The van der Waals surface area contributed by atoms with Crippen LogP contribution in [0.15, 0.2) is 12.2 Å². The van der Waals surface area contributed by atoms with Gasteiger partial charge in [0.25, 0.3) is 0 Å². The Labute approximate surface area is 270 Å². The predicted molar refractivity (Wildman–Crippen MR) is 179 cm³/mol. The Bertz CT molecular complexity index is 707. The Morgan fingerprint density at radius 3 is 1.23 bits per heavy atom. The van der Waals surface area contributed by atoms with Crippen LogP contribution in [0.5, 0.6) is 0 Å². The van der Waals surface area contributed by atoms with Crippen LogP contribution >= 0.6 is 0 Å². The second-order valence-corrected chi connectivity index (χ2v) is 13.3. The molecule has 2 N–H and O–H groups in total. The first kappa shape index (κ1) is 42.1. The number of carboxylic acid groups (broad SMARTS) is 3. The maximum Gasteiger partial charge on any atom is 0.312 e. The normalized spacial score (nSPS) is 15.2. The molecule has 0 aromatic carbocycles. The number of aliphatic carboxylic acids is 3. The molecule has 44 heavy (non-hydrogen) atoms. The number of nitrogens with zero attached hydrogens (tertiary/aromatic N) is 1. The summed E-state index contributed by atoms with van der Waals surface area (Å²) in [6.45, 7) is 9.05. The maximum atomic E-state index is 12.0. The first-order valence-corrected chi connectivity index (χ1v) is 18.3. The molecule has 0 amide bonds. The lowest BCUT2D eigenvalue weighted by molar-refractivity contribution is -0.935. The zero-order valence-corrected chi connectivity index (χ0v) is 29.0. The molecule has 0 radical (unpaired) electrons. The van der Waals surface area contributed by atoms with E-state index in [4.69, 9.17) is 0 Å². The minimum absolute atomic E-state index is 0.220. The van der Waals surface area contributed by atoms with E-state index in [-0.39, 0.29) is 24.1 Å². The number of hydrogen-bond acceptors (Lipinski definition) is 4. The van der Waals surface area contributed by atoms with Gasteiger partial charge in [0.15, 0.2) is 0 Å².